The number of amides is 2. The summed E-state index contributed by atoms with van der Waals surface area (Å²) < 4.78 is 39.1. The number of hydrogen-bond acceptors (Lipinski definition) is 2. The van der Waals surface area contributed by atoms with Crippen molar-refractivity contribution >= 4 is 11.7 Å². The van der Waals surface area contributed by atoms with E-state index < -0.39 is 34.8 Å². The maximum absolute atomic E-state index is 13.4. The summed E-state index contributed by atoms with van der Waals surface area (Å²) in [6.45, 7) is 5.24. The van der Waals surface area contributed by atoms with Gasteiger partial charge in [0, 0.05) is 6.54 Å². The largest absolute Gasteiger partial charge is 0.388 e. The molecule has 1 aromatic rings. The molecule has 0 aliphatic carbocycles. The molecule has 21 heavy (non-hydrogen) atoms. The van der Waals surface area contributed by atoms with Crippen LogP contribution in [0.5, 0.6) is 0 Å². The lowest BCUT2D eigenvalue weighted by atomic mass is 9.89. The third kappa shape index (κ3) is 4.35. The van der Waals surface area contributed by atoms with Crippen molar-refractivity contribution in [3.8, 4) is 0 Å². The molecular formula is C14H19F3N2O2. The van der Waals surface area contributed by atoms with E-state index in [4.69, 9.17) is 0 Å². The Morgan fingerprint density at radius 3 is 2.52 bits per heavy atom. The van der Waals surface area contributed by atoms with Crippen molar-refractivity contribution in [1.82, 2.24) is 5.32 Å². The van der Waals surface area contributed by atoms with Crippen molar-refractivity contribution < 1.29 is 23.1 Å². The molecule has 0 heterocycles. The molecule has 0 spiro atoms. The molecule has 0 aliphatic heterocycles. The van der Waals surface area contributed by atoms with E-state index in [1.54, 1.807) is 6.92 Å². The minimum Gasteiger partial charge on any atom is -0.388 e. The molecule has 0 bridgehead atoms. The van der Waals surface area contributed by atoms with E-state index in [-0.39, 0.29) is 12.5 Å². The number of carbonyl (C=O) groups is 1. The molecule has 7 heteroatoms. The first-order valence-electron chi connectivity index (χ1n) is 6.59. The van der Waals surface area contributed by atoms with Crippen molar-refractivity contribution in [2.24, 2.45) is 5.92 Å². The van der Waals surface area contributed by atoms with Gasteiger partial charge in [0.15, 0.2) is 17.5 Å². The lowest BCUT2D eigenvalue weighted by Gasteiger charge is -2.29. The van der Waals surface area contributed by atoms with Crippen LogP contribution < -0.4 is 10.6 Å². The average molecular weight is 304 g/mol. The van der Waals surface area contributed by atoms with Gasteiger partial charge in [-0.05, 0) is 25.0 Å². The van der Waals surface area contributed by atoms with Crippen LogP contribution in [0.15, 0.2) is 12.1 Å². The number of aliphatic hydroxyl groups is 1. The number of nitrogens with one attached hydrogen (secondary N) is 2. The molecule has 118 valence electrons. The van der Waals surface area contributed by atoms with Crippen molar-refractivity contribution in [2.45, 2.75) is 32.8 Å². The van der Waals surface area contributed by atoms with Crippen LogP contribution in [0.1, 0.15) is 27.2 Å². The summed E-state index contributed by atoms with van der Waals surface area (Å²) in [5.41, 5.74) is -1.60. The molecule has 0 aliphatic rings. The summed E-state index contributed by atoms with van der Waals surface area (Å²) in [6, 6.07) is 0.812. The first-order chi connectivity index (χ1) is 9.69. The standard InChI is InChI=1S/C14H19F3N2O2/c1-4-8(2)14(3,21)7-18-13(20)19-10-6-5-9(15)11(16)12(10)17/h5-6,8,21H,4,7H2,1-3H3,(H2,18,19,20). The minimum atomic E-state index is -1.65. The normalized spacial score (nSPS) is 15.2. The molecular weight excluding hydrogens is 285 g/mol. The SMILES string of the molecule is CCC(C)C(C)(O)CNC(=O)Nc1ccc(F)c(F)c1F. The van der Waals surface area contributed by atoms with E-state index in [1.165, 1.54) is 0 Å². The Morgan fingerprint density at radius 1 is 1.33 bits per heavy atom. The molecule has 0 saturated heterocycles. The Morgan fingerprint density at radius 2 is 1.95 bits per heavy atom. The van der Waals surface area contributed by atoms with Crippen LogP contribution in [0.2, 0.25) is 0 Å². The van der Waals surface area contributed by atoms with Crippen LogP contribution in [-0.4, -0.2) is 23.3 Å². The highest BCUT2D eigenvalue weighted by atomic mass is 19.2. The molecule has 1 aromatic carbocycles. The fourth-order valence-electron chi connectivity index (χ4n) is 1.66. The van der Waals surface area contributed by atoms with Gasteiger partial charge in [-0.1, -0.05) is 20.3 Å². The molecule has 2 amide bonds. The summed E-state index contributed by atoms with van der Waals surface area (Å²) in [7, 11) is 0. The summed E-state index contributed by atoms with van der Waals surface area (Å²) >= 11 is 0. The maximum atomic E-state index is 13.4. The van der Waals surface area contributed by atoms with Gasteiger partial charge >= 0.3 is 6.03 Å². The van der Waals surface area contributed by atoms with Gasteiger partial charge in [0.25, 0.3) is 0 Å². The number of urea groups is 1. The van der Waals surface area contributed by atoms with E-state index >= 15 is 0 Å². The Kier molecular flexibility index (Phi) is 5.60. The van der Waals surface area contributed by atoms with Gasteiger partial charge in [-0.3, -0.25) is 0 Å². The van der Waals surface area contributed by atoms with Crippen LogP contribution in [0.3, 0.4) is 0 Å². The van der Waals surface area contributed by atoms with Gasteiger partial charge < -0.3 is 15.7 Å². The monoisotopic (exact) mass is 304 g/mol. The topological polar surface area (TPSA) is 61.4 Å². The fourth-order valence-corrected chi connectivity index (χ4v) is 1.66. The number of benzene rings is 1. The van der Waals surface area contributed by atoms with Crippen LogP contribution in [-0.2, 0) is 0 Å². The molecule has 2 unspecified atom stereocenters. The lowest BCUT2D eigenvalue weighted by Crippen LogP contribution is -2.46. The Hall–Kier alpha value is -1.76. The summed E-state index contributed by atoms with van der Waals surface area (Å²) in [5, 5.41) is 14.5. The van der Waals surface area contributed by atoms with Crippen molar-refractivity contribution in [1.29, 1.82) is 0 Å². The molecule has 2 atom stereocenters. The highest BCUT2D eigenvalue weighted by Gasteiger charge is 2.27. The zero-order chi connectivity index (χ0) is 16.2. The second kappa shape index (κ2) is 6.80. The maximum Gasteiger partial charge on any atom is 0.319 e. The van der Waals surface area contributed by atoms with E-state index in [0.717, 1.165) is 6.07 Å². The first kappa shape index (κ1) is 17.3. The average Bonchev–Trinajstić information content (AvgIpc) is 2.45. The van der Waals surface area contributed by atoms with Crippen molar-refractivity contribution in [3.05, 3.63) is 29.6 Å². The molecule has 4 nitrogen and oxygen atoms in total. The van der Waals surface area contributed by atoms with E-state index in [9.17, 15) is 23.1 Å². The third-order valence-electron chi connectivity index (χ3n) is 3.56. The number of hydrogen-bond donors (Lipinski definition) is 3. The van der Waals surface area contributed by atoms with Gasteiger partial charge in [0.1, 0.15) is 0 Å². The van der Waals surface area contributed by atoms with Gasteiger partial charge in [-0.15, -0.1) is 0 Å². The number of anilines is 1. The second-order valence-electron chi connectivity index (χ2n) is 5.20. The van der Waals surface area contributed by atoms with Gasteiger partial charge in [0.2, 0.25) is 0 Å². The number of rotatable bonds is 5. The van der Waals surface area contributed by atoms with E-state index in [0.29, 0.717) is 12.5 Å². The van der Waals surface area contributed by atoms with Crippen molar-refractivity contribution in [2.75, 3.05) is 11.9 Å². The smallest absolute Gasteiger partial charge is 0.319 e. The first-order valence-corrected chi connectivity index (χ1v) is 6.59. The van der Waals surface area contributed by atoms with Gasteiger partial charge in [0.05, 0.1) is 11.3 Å². The second-order valence-corrected chi connectivity index (χ2v) is 5.20. The van der Waals surface area contributed by atoms with Crippen LogP contribution >= 0.6 is 0 Å². The van der Waals surface area contributed by atoms with Gasteiger partial charge in [-0.25, -0.2) is 18.0 Å². The van der Waals surface area contributed by atoms with Crippen LogP contribution in [0.25, 0.3) is 0 Å². The fraction of sp³-hybridized carbons (Fsp3) is 0.500. The number of carbonyl (C=O) groups excluding carboxylic acids is 1. The molecule has 0 radical (unpaired) electrons. The molecule has 1 rings (SSSR count). The van der Waals surface area contributed by atoms with Gasteiger partial charge in [-0.2, -0.15) is 0 Å². The van der Waals surface area contributed by atoms with E-state index in [1.807, 2.05) is 13.8 Å². The minimum absolute atomic E-state index is 0.0564. The summed E-state index contributed by atoms with van der Waals surface area (Å²) in [4.78, 5) is 11.6. The molecule has 0 aromatic heterocycles. The summed E-state index contributed by atoms with van der Waals surface area (Å²) in [6.07, 6.45) is 0.716. The Labute approximate surface area is 121 Å². The summed E-state index contributed by atoms with van der Waals surface area (Å²) in [5.74, 6) is -4.52. The lowest BCUT2D eigenvalue weighted by molar-refractivity contribution is 0.00827. The quantitative estimate of drug-likeness (QED) is 0.732. The molecule has 0 fully saturated rings. The number of halogens is 3. The third-order valence-corrected chi connectivity index (χ3v) is 3.56. The highest BCUT2D eigenvalue weighted by molar-refractivity contribution is 5.89. The predicted molar refractivity (Wildman–Crippen MR) is 73.4 cm³/mol. The van der Waals surface area contributed by atoms with E-state index in [2.05, 4.69) is 10.6 Å². The zero-order valence-corrected chi connectivity index (χ0v) is 12.1. The molecule has 0 saturated carbocycles. The van der Waals surface area contributed by atoms with Crippen LogP contribution in [0, 0.1) is 23.4 Å². The highest BCUT2D eigenvalue weighted by Crippen LogP contribution is 2.20. The van der Waals surface area contributed by atoms with Crippen LogP contribution in [0.4, 0.5) is 23.7 Å². The predicted octanol–water partition coefficient (Wildman–Crippen LogP) is 3.02. The van der Waals surface area contributed by atoms with Crippen molar-refractivity contribution in [3.63, 3.8) is 0 Å². The Balaban J connectivity index is 2.65. The molecule has 3 N–H and O–H groups in total. The zero-order valence-electron chi connectivity index (χ0n) is 12.1. The Bertz CT molecular complexity index is 521.